The van der Waals surface area contributed by atoms with Crippen LogP contribution in [-0.2, 0) is 80.3 Å². The highest BCUT2D eigenvalue weighted by Crippen LogP contribution is 2.43. The van der Waals surface area contributed by atoms with Crippen molar-refractivity contribution in [1.82, 2.24) is 15.6 Å². The van der Waals surface area contributed by atoms with Crippen molar-refractivity contribution >= 4 is 17.9 Å². The lowest BCUT2D eigenvalue weighted by atomic mass is 9.78. The van der Waals surface area contributed by atoms with Crippen LogP contribution in [0.2, 0.25) is 0 Å². The predicted molar refractivity (Wildman–Crippen MR) is 288 cm³/mol. The van der Waals surface area contributed by atoms with Crippen molar-refractivity contribution in [3.05, 3.63) is 86.5 Å². The molecule has 3 aromatic carbocycles. The molecule has 0 aromatic heterocycles. The van der Waals surface area contributed by atoms with Crippen molar-refractivity contribution in [2.24, 2.45) is 5.92 Å². The Morgan fingerprint density at radius 3 is 0.903 bits per heavy atom. The molecule has 0 aliphatic carbocycles. The molecule has 1 fully saturated rings. The molecule has 1 aliphatic heterocycles. The number of ether oxygens (including phenoxy) is 3. The van der Waals surface area contributed by atoms with Gasteiger partial charge < -0.3 is 29.5 Å². The number of rotatable bonds is 15. The maximum atomic E-state index is 13.7. The Hall–Kier alpha value is -4.65. The molecular formula is C60H93N3O9. The van der Waals surface area contributed by atoms with Gasteiger partial charge in [-0.15, -0.1) is 0 Å². The zero-order valence-corrected chi connectivity index (χ0v) is 48.1. The third-order valence-electron chi connectivity index (χ3n) is 13.8. The van der Waals surface area contributed by atoms with Gasteiger partial charge in [-0.25, -0.2) is 0 Å². The van der Waals surface area contributed by atoms with Crippen LogP contribution in [-0.4, -0.2) is 74.9 Å². The molecular weight excluding hydrogens is 907 g/mol. The zero-order chi connectivity index (χ0) is 54.9. The van der Waals surface area contributed by atoms with Crippen molar-refractivity contribution in [3.8, 4) is 17.2 Å². The number of carbonyl (C=O) groups is 3. The molecule has 4 N–H and O–H groups in total. The van der Waals surface area contributed by atoms with Crippen LogP contribution < -0.4 is 5.53 Å². The first kappa shape index (κ1) is 59.9. The van der Waals surface area contributed by atoms with Gasteiger partial charge in [-0.2, -0.15) is 15.6 Å². The molecule has 12 nitrogen and oxygen atoms in total. The highest BCUT2D eigenvalue weighted by molar-refractivity contribution is 5.71. The van der Waals surface area contributed by atoms with Gasteiger partial charge in [0.05, 0.1) is 0 Å². The summed E-state index contributed by atoms with van der Waals surface area (Å²) in [5.41, 5.74) is 9.27. The number of nitrogens with zero attached hydrogens (tertiary/aromatic N) is 2. The monoisotopic (exact) mass is 1000 g/mol. The molecule has 72 heavy (non-hydrogen) atoms. The predicted octanol–water partition coefficient (Wildman–Crippen LogP) is 12.2. The number of aromatic hydroxyl groups is 3. The molecule has 0 saturated carbocycles. The molecule has 3 unspecified atom stereocenters. The number of esters is 3. The molecule has 1 saturated heterocycles. The minimum absolute atomic E-state index is 0.107. The van der Waals surface area contributed by atoms with E-state index in [1.807, 2.05) is 43.3 Å². The van der Waals surface area contributed by atoms with Gasteiger partial charge in [0.15, 0.2) is 12.5 Å². The van der Waals surface area contributed by atoms with Gasteiger partial charge in [-0.05, 0) is 123 Å². The molecule has 0 bridgehead atoms. The average Bonchev–Trinajstić information content (AvgIpc) is 3.22. The van der Waals surface area contributed by atoms with Crippen LogP contribution in [0.4, 0.5) is 0 Å². The van der Waals surface area contributed by atoms with Crippen LogP contribution in [0.1, 0.15) is 215 Å². The molecule has 0 spiro atoms. The summed E-state index contributed by atoms with van der Waals surface area (Å²) in [5.74, 6) is -0.607. The smallest absolute Gasteiger partial charge is 0.307 e. The quantitative estimate of drug-likeness (QED) is 0.0845. The number of carbonyl (C=O) groups excluding carboxylic acids is 3. The van der Waals surface area contributed by atoms with E-state index in [1.165, 1.54) is 0 Å². The standard InChI is InChI=1S/C60H93N3O9/c1-36(70-49(64)25-22-39-28-43(55(4,5)6)52(67)44(29-39)56(7,8)9)42-34-62(37(2)71-50(65)26-23-40-30-45(57(10,11)12)53(68)46(31-40)58(13,14)15)61-63(35-42)38(3)72-51(66)27-24-41-32-47(59(16,17)18)54(69)48(33-41)60(19,20)21/h28-33,36-38,42,61,67-69H,22-27,34-35H2,1-21H3. The number of hydrogen-bond acceptors (Lipinski definition) is 12. The topological polar surface area (TPSA) is 158 Å². The van der Waals surface area contributed by atoms with Crippen molar-refractivity contribution in [1.29, 1.82) is 0 Å². The van der Waals surface area contributed by atoms with Gasteiger partial charge in [-0.1, -0.05) is 161 Å². The van der Waals surface area contributed by atoms with E-state index in [0.29, 0.717) is 38.1 Å². The lowest BCUT2D eigenvalue weighted by Crippen LogP contribution is -2.65. The van der Waals surface area contributed by atoms with Crippen LogP contribution in [0.3, 0.4) is 0 Å². The molecule has 12 heteroatoms. The Labute approximate surface area is 433 Å². The third-order valence-corrected chi connectivity index (χ3v) is 13.8. The SMILES string of the molecule is CC(OC(=O)CCc1cc(C(C)(C)C)c(O)c(C(C)(C)C)c1)C1CN(C(C)OC(=O)CCc2cc(C(C)(C)C)c(O)c(C(C)(C)C)c2)NN(C(C)OC(=O)CCc2cc(C(C)(C)C)c(O)c(C(C)(C)C)c2)C1. The van der Waals surface area contributed by atoms with E-state index in [0.717, 1.165) is 50.1 Å². The second-order valence-electron chi connectivity index (χ2n) is 26.7. The zero-order valence-electron chi connectivity index (χ0n) is 48.1. The van der Waals surface area contributed by atoms with Crippen LogP contribution in [0.25, 0.3) is 0 Å². The molecule has 3 aromatic rings. The maximum absolute atomic E-state index is 13.7. The Morgan fingerprint density at radius 1 is 0.458 bits per heavy atom. The average molecular weight is 1000 g/mol. The number of aryl methyl sites for hydroxylation is 3. The fourth-order valence-electron chi connectivity index (χ4n) is 9.24. The summed E-state index contributed by atoms with van der Waals surface area (Å²) in [6, 6.07) is 11.9. The van der Waals surface area contributed by atoms with E-state index in [-0.39, 0.29) is 75.1 Å². The van der Waals surface area contributed by atoms with Crippen LogP contribution in [0.5, 0.6) is 17.2 Å². The summed E-state index contributed by atoms with van der Waals surface area (Å²) in [6.45, 7) is 43.2. The normalized spacial score (nSPS) is 17.0. The van der Waals surface area contributed by atoms with E-state index in [9.17, 15) is 29.7 Å². The second-order valence-corrected chi connectivity index (χ2v) is 26.7. The van der Waals surface area contributed by atoms with E-state index in [1.54, 1.807) is 23.9 Å². The summed E-state index contributed by atoms with van der Waals surface area (Å²) in [7, 11) is 0. The second kappa shape index (κ2) is 22.4. The van der Waals surface area contributed by atoms with E-state index >= 15 is 0 Å². The van der Waals surface area contributed by atoms with Crippen LogP contribution in [0, 0.1) is 5.92 Å². The number of phenols is 3. The van der Waals surface area contributed by atoms with Gasteiger partial charge in [-0.3, -0.25) is 14.4 Å². The van der Waals surface area contributed by atoms with Gasteiger partial charge >= 0.3 is 17.9 Å². The van der Waals surface area contributed by atoms with Crippen molar-refractivity contribution in [3.63, 3.8) is 0 Å². The van der Waals surface area contributed by atoms with E-state index in [4.69, 9.17) is 14.2 Å². The molecule has 0 radical (unpaired) electrons. The Morgan fingerprint density at radius 2 is 0.681 bits per heavy atom. The number of nitrogens with one attached hydrogen (secondary N) is 1. The van der Waals surface area contributed by atoms with E-state index in [2.05, 4.69) is 130 Å². The van der Waals surface area contributed by atoms with Crippen molar-refractivity contribution in [2.75, 3.05) is 13.1 Å². The number of hydrogen-bond donors (Lipinski definition) is 4. The van der Waals surface area contributed by atoms with Gasteiger partial charge in [0.25, 0.3) is 0 Å². The maximum Gasteiger partial charge on any atom is 0.307 e. The van der Waals surface area contributed by atoms with Gasteiger partial charge in [0.2, 0.25) is 0 Å². The van der Waals surface area contributed by atoms with Gasteiger partial charge in [0.1, 0.15) is 23.4 Å². The molecule has 1 aliphatic rings. The summed E-state index contributed by atoms with van der Waals surface area (Å²) < 4.78 is 18.3. The minimum Gasteiger partial charge on any atom is -0.507 e. The molecule has 3 atom stereocenters. The highest BCUT2D eigenvalue weighted by Gasteiger charge is 2.38. The highest BCUT2D eigenvalue weighted by atomic mass is 16.6. The minimum atomic E-state index is -0.768. The third kappa shape index (κ3) is 15.9. The lowest BCUT2D eigenvalue weighted by Gasteiger charge is -2.45. The summed E-state index contributed by atoms with van der Waals surface area (Å²) >= 11 is 0. The molecule has 4 rings (SSSR count). The summed E-state index contributed by atoms with van der Waals surface area (Å²) in [5, 5.41) is 37.3. The van der Waals surface area contributed by atoms with Crippen molar-refractivity contribution < 1.29 is 43.9 Å². The largest absolute Gasteiger partial charge is 0.507 e. The first-order valence-corrected chi connectivity index (χ1v) is 26.2. The Balaban J connectivity index is 1.54. The van der Waals surface area contributed by atoms with Crippen molar-refractivity contribution in [2.45, 2.75) is 235 Å². The Bertz CT molecular complexity index is 2020. The Kier molecular flexibility index (Phi) is 18.7. The summed E-state index contributed by atoms with van der Waals surface area (Å²) in [4.78, 5) is 40.9. The molecule has 1 heterocycles. The number of hydrazine groups is 2. The van der Waals surface area contributed by atoms with Crippen LogP contribution in [0.15, 0.2) is 36.4 Å². The first-order chi connectivity index (χ1) is 32.7. The molecule has 402 valence electrons. The van der Waals surface area contributed by atoms with Crippen LogP contribution >= 0.6 is 0 Å². The fraction of sp³-hybridized carbons (Fsp3) is 0.650. The lowest BCUT2D eigenvalue weighted by molar-refractivity contribution is -0.209. The van der Waals surface area contributed by atoms with E-state index < -0.39 is 30.5 Å². The molecule has 0 amide bonds. The number of benzene rings is 3. The summed E-state index contributed by atoms with van der Waals surface area (Å²) in [6.07, 6.45) is -0.498. The van der Waals surface area contributed by atoms with Gasteiger partial charge in [0, 0.05) is 38.3 Å². The first-order valence-electron chi connectivity index (χ1n) is 26.2. The fourth-order valence-corrected chi connectivity index (χ4v) is 9.24. The number of phenolic OH excluding ortho intramolecular Hbond substituents is 3.